The van der Waals surface area contributed by atoms with E-state index in [1.807, 2.05) is 23.7 Å². The quantitative estimate of drug-likeness (QED) is 0.823. The molecule has 2 aromatic heterocycles. The van der Waals surface area contributed by atoms with E-state index in [0.717, 1.165) is 15.9 Å². The zero-order chi connectivity index (χ0) is 9.42. The van der Waals surface area contributed by atoms with Gasteiger partial charge in [0.25, 0.3) is 0 Å². The van der Waals surface area contributed by atoms with Crippen LogP contribution in [0.2, 0.25) is 0 Å². The van der Waals surface area contributed by atoms with E-state index in [1.165, 1.54) is 0 Å². The molecule has 0 radical (unpaired) electrons. The third-order valence-electron chi connectivity index (χ3n) is 1.80. The molecule has 0 aliphatic rings. The van der Waals surface area contributed by atoms with Gasteiger partial charge in [0.1, 0.15) is 4.60 Å². The summed E-state index contributed by atoms with van der Waals surface area (Å²) in [6.07, 6.45) is 5.47. The summed E-state index contributed by atoms with van der Waals surface area (Å²) in [5.41, 5.74) is 7.40. The maximum absolute atomic E-state index is 5.71. The minimum atomic E-state index is -0.0429. The first-order valence-electron chi connectivity index (χ1n) is 3.92. The highest BCUT2D eigenvalue weighted by Crippen LogP contribution is 2.12. The average molecular weight is 241 g/mol. The van der Waals surface area contributed by atoms with Crippen LogP contribution >= 0.6 is 15.9 Å². The highest BCUT2D eigenvalue weighted by Gasteiger charge is 2.05. The Labute approximate surface area is 83.9 Å². The van der Waals surface area contributed by atoms with E-state index < -0.39 is 0 Å². The normalized spacial score (nSPS) is 13.5. The van der Waals surface area contributed by atoms with Crippen LogP contribution in [-0.4, -0.2) is 14.4 Å². The van der Waals surface area contributed by atoms with Crippen molar-refractivity contribution in [2.75, 3.05) is 0 Å². The van der Waals surface area contributed by atoms with Crippen molar-refractivity contribution in [2.24, 2.45) is 5.73 Å². The smallest absolute Gasteiger partial charge is 0.155 e. The van der Waals surface area contributed by atoms with Crippen molar-refractivity contribution in [1.29, 1.82) is 0 Å². The molecule has 0 aliphatic carbocycles. The molecule has 0 aromatic carbocycles. The molecule has 0 aliphatic heterocycles. The Morgan fingerprint density at radius 2 is 2.31 bits per heavy atom. The Hall–Kier alpha value is -0.940. The van der Waals surface area contributed by atoms with Crippen LogP contribution in [0.15, 0.2) is 23.2 Å². The number of aromatic nitrogens is 3. The van der Waals surface area contributed by atoms with Gasteiger partial charge in [0, 0.05) is 18.4 Å². The van der Waals surface area contributed by atoms with Gasteiger partial charge in [-0.25, -0.2) is 9.97 Å². The Morgan fingerprint density at radius 1 is 1.54 bits per heavy atom. The van der Waals surface area contributed by atoms with Gasteiger partial charge in [0.2, 0.25) is 0 Å². The van der Waals surface area contributed by atoms with Crippen LogP contribution < -0.4 is 5.73 Å². The minimum Gasteiger partial charge on any atom is -0.323 e. The van der Waals surface area contributed by atoms with Gasteiger partial charge in [0.15, 0.2) is 5.65 Å². The molecule has 2 aromatic rings. The number of halogens is 1. The molecular formula is C8H9BrN4. The van der Waals surface area contributed by atoms with Gasteiger partial charge in [-0.1, -0.05) is 0 Å². The lowest BCUT2D eigenvalue weighted by Crippen LogP contribution is -2.04. The molecule has 5 heteroatoms. The summed E-state index contributed by atoms with van der Waals surface area (Å²) in [5.74, 6) is 0. The second-order valence-electron chi connectivity index (χ2n) is 2.93. The number of fused-ring (bicyclic) bond motifs is 1. The third-order valence-corrected chi connectivity index (χ3v) is 2.20. The van der Waals surface area contributed by atoms with Gasteiger partial charge in [-0.2, -0.15) is 0 Å². The van der Waals surface area contributed by atoms with Crippen molar-refractivity contribution in [3.8, 4) is 0 Å². The Kier molecular flexibility index (Phi) is 2.05. The summed E-state index contributed by atoms with van der Waals surface area (Å²) >= 11 is 3.29. The van der Waals surface area contributed by atoms with Crippen molar-refractivity contribution >= 4 is 21.6 Å². The molecule has 1 atom stereocenters. The lowest BCUT2D eigenvalue weighted by Gasteiger charge is -1.95. The molecule has 68 valence electrons. The number of nitrogens with two attached hydrogens (primary N) is 1. The highest BCUT2D eigenvalue weighted by molar-refractivity contribution is 9.10. The molecule has 13 heavy (non-hydrogen) atoms. The molecule has 0 spiro atoms. The number of hydrogen-bond donors (Lipinski definition) is 1. The topological polar surface area (TPSA) is 56.2 Å². The van der Waals surface area contributed by atoms with Crippen LogP contribution in [0.4, 0.5) is 0 Å². The van der Waals surface area contributed by atoms with Crippen molar-refractivity contribution in [3.63, 3.8) is 0 Å². The monoisotopic (exact) mass is 240 g/mol. The number of hydrogen-bond acceptors (Lipinski definition) is 3. The predicted octanol–water partition coefficient (Wildman–Crippen LogP) is 1.51. The van der Waals surface area contributed by atoms with Gasteiger partial charge in [-0.3, -0.25) is 0 Å². The van der Waals surface area contributed by atoms with E-state index in [0.29, 0.717) is 0 Å². The van der Waals surface area contributed by atoms with Crippen LogP contribution in [0.1, 0.15) is 18.7 Å². The van der Waals surface area contributed by atoms with Gasteiger partial charge in [0.05, 0.1) is 11.9 Å². The maximum atomic E-state index is 5.71. The Morgan fingerprint density at radius 3 is 3.00 bits per heavy atom. The minimum absolute atomic E-state index is 0.0429. The number of imidazole rings is 1. The maximum Gasteiger partial charge on any atom is 0.155 e. The second-order valence-corrected chi connectivity index (χ2v) is 3.74. The fraction of sp³-hybridized carbons (Fsp3) is 0.250. The van der Waals surface area contributed by atoms with Crippen molar-refractivity contribution < 1.29 is 0 Å². The van der Waals surface area contributed by atoms with Crippen LogP contribution in [0, 0.1) is 0 Å². The summed E-state index contributed by atoms with van der Waals surface area (Å²) in [6.45, 7) is 1.91. The zero-order valence-corrected chi connectivity index (χ0v) is 8.69. The van der Waals surface area contributed by atoms with Crippen molar-refractivity contribution in [2.45, 2.75) is 13.0 Å². The molecule has 0 saturated carbocycles. The van der Waals surface area contributed by atoms with Gasteiger partial charge >= 0.3 is 0 Å². The lowest BCUT2D eigenvalue weighted by atomic mass is 10.3. The van der Waals surface area contributed by atoms with Gasteiger partial charge < -0.3 is 10.1 Å². The first-order chi connectivity index (χ1) is 6.16. The Bertz CT molecular complexity index is 435. The molecule has 2 rings (SSSR count). The summed E-state index contributed by atoms with van der Waals surface area (Å²) in [7, 11) is 0. The molecule has 0 saturated heterocycles. The van der Waals surface area contributed by atoms with Gasteiger partial charge in [-0.05, 0) is 22.9 Å². The first-order valence-corrected chi connectivity index (χ1v) is 4.72. The molecule has 0 bridgehead atoms. The molecule has 0 fully saturated rings. The van der Waals surface area contributed by atoms with Crippen molar-refractivity contribution in [1.82, 2.24) is 14.4 Å². The SMILES string of the molecule is CC(N)c1cn2cc(Br)ncc2n1. The van der Waals surface area contributed by atoms with E-state index in [2.05, 4.69) is 25.9 Å². The third kappa shape index (κ3) is 1.57. The molecule has 2 heterocycles. The predicted molar refractivity (Wildman–Crippen MR) is 53.3 cm³/mol. The summed E-state index contributed by atoms with van der Waals surface area (Å²) in [6, 6.07) is -0.0429. The van der Waals surface area contributed by atoms with E-state index in [1.54, 1.807) is 6.20 Å². The second kappa shape index (κ2) is 3.08. The van der Waals surface area contributed by atoms with Gasteiger partial charge in [-0.15, -0.1) is 0 Å². The lowest BCUT2D eigenvalue weighted by molar-refractivity contribution is 0.790. The van der Waals surface area contributed by atoms with E-state index in [9.17, 15) is 0 Å². The van der Waals surface area contributed by atoms with Crippen LogP contribution in [-0.2, 0) is 0 Å². The average Bonchev–Trinajstić information content (AvgIpc) is 2.46. The fourth-order valence-electron chi connectivity index (χ4n) is 1.11. The van der Waals surface area contributed by atoms with E-state index in [-0.39, 0.29) is 6.04 Å². The van der Waals surface area contributed by atoms with E-state index >= 15 is 0 Å². The molecule has 1 unspecified atom stereocenters. The van der Waals surface area contributed by atoms with E-state index in [4.69, 9.17) is 5.73 Å². The van der Waals surface area contributed by atoms with Crippen LogP contribution in [0.25, 0.3) is 5.65 Å². The fourth-order valence-corrected chi connectivity index (χ4v) is 1.44. The molecular weight excluding hydrogens is 232 g/mol. The zero-order valence-electron chi connectivity index (χ0n) is 7.11. The summed E-state index contributed by atoms with van der Waals surface area (Å²) in [5, 5.41) is 0. The summed E-state index contributed by atoms with van der Waals surface area (Å²) < 4.78 is 2.68. The van der Waals surface area contributed by atoms with Crippen LogP contribution in [0.5, 0.6) is 0 Å². The Balaban J connectivity index is 2.62. The molecule has 4 nitrogen and oxygen atoms in total. The summed E-state index contributed by atoms with van der Waals surface area (Å²) in [4.78, 5) is 8.38. The van der Waals surface area contributed by atoms with Crippen LogP contribution in [0.3, 0.4) is 0 Å². The first kappa shape index (κ1) is 8.65. The highest BCUT2D eigenvalue weighted by atomic mass is 79.9. The van der Waals surface area contributed by atoms with Crippen molar-refractivity contribution in [3.05, 3.63) is 28.9 Å². The largest absolute Gasteiger partial charge is 0.323 e. The molecule has 0 amide bonds. The number of nitrogens with zero attached hydrogens (tertiary/aromatic N) is 3. The number of rotatable bonds is 1. The molecule has 2 N–H and O–H groups in total. The standard InChI is InChI=1S/C8H9BrN4/c1-5(10)6-3-13-4-7(9)11-2-8(13)12-6/h2-5H,10H2,1H3.